The molecule has 0 aliphatic rings. The molecule has 0 saturated carbocycles. The van der Waals surface area contributed by atoms with E-state index in [0.717, 1.165) is 5.56 Å². The number of nitrogens with two attached hydrogens (primary N) is 1. The number of rotatable bonds is 7. The second kappa shape index (κ2) is 8.06. The van der Waals surface area contributed by atoms with E-state index in [1.54, 1.807) is 19.1 Å². The summed E-state index contributed by atoms with van der Waals surface area (Å²) in [6.45, 7) is 5.27. The number of esters is 1. The molecule has 1 aromatic carbocycles. The van der Waals surface area contributed by atoms with Crippen molar-refractivity contribution in [2.75, 3.05) is 13.2 Å². The van der Waals surface area contributed by atoms with E-state index in [1.807, 2.05) is 0 Å². The van der Waals surface area contributed by atoms with Crippen LogP contribution in [0.3, 0.4) is 0 Å². The van der Waals surface area contributed by atoms with E-state index in [0.29, 0.717) is 12.0 Å². The minimum atomic E-state index is -0.702. The summed E-state index contributed by atoms with van der Waals surface area (Å²) in [4.78, 5) is 22.9. The van der Waals surface area contributed by atoms with Crippen LogP contribution >= 0.6 is 0 Å². The number of ether oxygens (including phenoxy) is 1. The highest BCUT2D eigenvalue weighted by Crippen LogP contribution is 2.10. The first-order chi connectivity index (χ1) is 9.90. The number of nitrogens with one attached hydrogen (secondary N) is 1. The minimum Gasteiger partial charge on any atom is -0.508 e. The lowest BCUT2D eigenvalue weighted by molar-refractivity contribution is -0.139. The van der Waals surface area contributed by atoms with Crippen LogP contribution in [0.5, 0.6) is 5.75 Å². The first kappa shape index (κ1) is 16.7. The molecule has 1 atom stereocenters. The normalized spacial score (nSPS) is 11.5. The molecule has 114 valence electrons. The predicted molar refractivity (Wildman–Crippen MR) is 78.6 cm³/mol. The number of phenols is 1. The summed E-state index contributed by atoms with van der Waals surface area (Å²) in [6.07, 6.45) is 0.359. The van der Waals surface area contributed by atoms with Crippen molar-refractivity contribution < 1.29 is 19.4 Å². The first-order valence-electron chi connectivity index (χ1n) is 6.54. The van der Waals surface area contributed by atoms with E-state index < -0.39 is 12.0 Å². The number of benzene rings is 1. The van der Waals surface area contributed by atoms with E-state index in [4.69, 9.17) is 15.6 Å². The van der Waals surface area contributed by atoms with Crippen LogP contribution in [0.25, 0.3) is 0 Å². The molecule has 1 rings (SSSR count). The topological polar surface area (TPSA) is 102 Å². The zero-order chi connectivity index (χ0) is 15.8. The van der Waals surface area contributed by atoms with E-state index >= 15 is 0 Å². The quantitative estimate of drug-likeness (QED) is 0.386. The van der Waals surface area contributed by atoms with Crippen molar-refractivity contribution in [2.24, 2.45) is 5.73 Å². The summed E-state index contributed by atoms with van der Waals surface area (Å²) in [5, 5.41) is 11.8. The van der Waals surface area contributed by atoms with Gasteiger partial charge in [-0.2, -0.15) is 0 Å². The van der Waals surface area contributed by atoms with Gasteiger partial charge in [0, 0.05) is 5.57 Å². The SMILES string of the molecule is C=C(C)C(=O)OCCNC(=O)[C@@H](N)Cc1ccc(O)cc1. The summed E-state index contributed by atoms with van der Waals surface area (Å²) in [5.74, 6) is -0.650. The van der Waals surface area contributed by atoms with Gasteiger partial charge in [-0.3, -0.25) is 4.79 Å². The average Bonchev–Trinajstić information content (AvgIpc) is 2.45. The Balaban J connectivity index is 2.29. The molecule has 0 aliphatic carbocycles. The molecule has 6 heteroatoms. The van der Waals surface area contributed by atoms with Crippen LogP contribution in [0, 0.1) is 0 Å². The molecule has 0 heterocycles. The number of hydrogen-bond donors (Lipinski definition) is 3. The van der Waals surface area contributed by atoms with Crippen LogP contribution in [-0.4, -0.2) is 36.2 Å². The molecule has 4 N–H and O–H groups in total. The molecule has 1 amide bonds. The highest BCUT2D eigenvalue weighted by Gasteiger charge is 2.13. The molecule has 0 spiro atoms. The van der Waals surface area contributed by atoms with Crippen molar-refractivity contribution in [1.82, 2.24) is 5.32 Å². The lowest BCUT2D eigenvalue weighted by atomic mass is 10.1. The fourth-order valence-electron chi connectivity index (χ4n) is 1.55. The number of carbonyl (C=O) groups excluding carboxylic acids is 2. The molecule has 0 saturated heterocycles. The maximum Gasteiger partial charge on any atom is 0.333 e. The van der Waals surface area contributed by atoms with Crippen molar-refractivity contribution in [1.29, 1.82) is 0 Å². The largest absolute Gasteiger partial charge is 0.508 e. The zero-order valence-electron chi connectivity index (χ0n) is 12.0. The second-order valence-electron chi connectivity index (χ2n) is 4.68. The van der Waals surface area contributed by atoms with Gasteiger partial charge >= 0.3 is 5.97 Å². The molecule has 0 bridgehead atoms. The minimum absolute atomic E-state index is 0.0728. The van der Waals surface area contributed by atoms with Gasteiger partial charge in [-0.15, -0.1) is 0 Å². The summed E-state index contributed by atoms with van der Waals surface area (Å²) in [5.41, 5.74) is 6.94. The molecule has 0 fully saturated rings. The van der Waals surface area contributed by atoms with Gasteiger partial charge in [-0.25, -0.2) is 4.79 Å². The monoisotopic (exact) mass is 292 g/mol. The van der Waals surface area contributed by atoms with Gasteiger partial charge < -0.3 is 20.9 Å². The highest BCUT2D eigenvalue weighted by molar-refractivity contribution is 5.87. The van der Waals surface area contributed by atoms with E-state index in [-0.39, 0.29) is 24.8 Å². The molecule has 0 aromatic heterocycles. The van der Waals surface area contributed by atoms with Crippen LogP contribution in [0.4, 0.5) is 0 Å². The van der Waals surface area contributed by atoms with Gasteiger partial charge in [0.15, 0.2) is 0 Å². The Labute approximate surface area is 123 Å². The number of hydrogen-bond acceptors (Lipinski definition) is 5. The fourth-order valence-corrected chi connectivity index (χ4v) is 1.55. The molecule has 0 unspecified atom stereocenters. The van der Waals surface area contributed by atoms with Gasteiger partial charge in [-0.05, 0) is 31.0 Å². The van der Waals surface area contributed by atoms with Crippen molar-refractivity contribution >= 4 is 11.9 Å². The highest BCUT2D eigenvalue weighted by atomic mass is 16.5. The third kappa shape index (κ3) is 6.09. The van der Waals surface area contributed by atoms with Crippen LogP contribution in [0.1, 0.15) is 12.5 Å². The third-order valence-corrected chi connectivity index (χ3v) is 2.71. The summed E-state index contributed by atoms with van der Waals surface area (Å²) >= 11 is 0. The Morgan fingerprint density at radius 3 is 2.57 bits per heavy atom. The smallest absolute Gasteiger partial charge is 0.333 e. The van der Waals surface area contributed by atoms with Gasteiger partial charge in [0.2, 0.25) is 5.91 Å². The molecule has 21 heavy (non-hydrogen) atoms. The van der Waals surface area contributed by atoms with Gasteiger partial charge in [-0.1, -0.05) is 18.7 Å². The molecule has 0 radical (unpaired) electrons. The Kier molecular flexibility index (Phi) is 6.42. The Morgan fingerprint density at radius 1 is 1.38 bits per heavy atom. The zero-order valence-corrected chi connectivity index (χ0v) is 12.0. The number of carbonyl (C=O) groups is 2. The third-order valence-electron chi connectivity index (χ3n) is 2.71. The van der Waals surface area contributed by atoms with Crippen molar-refractivity contribution in [3.8, 4) is 5.75 Å². The molecule has 1 aromatic rings. The molecular formula is C15H20N2O4. The van der Waals surface area contributed by atoms with E-state index in [2.05, 4.69) is 11.9 Å². The van der Waals surface area contributed by atoms with E-state index in [1.165, 1.54) is 12.1 Å². The van der Waals surface area contributed by atoms with Gasteiger partial charge in [0.25, 0.3) is 0 Å². The second-order valence-corrected chi connectivity index (χ2v) is 4.68. The van der Waals surface area contributed by atoms with Crippen LogP contribution in [0.15, 0.2) is 36.4 Å². The number of aromatic hydroxyl groups is 1. The summed E-state index contributed by atoms with van der Waals surface area (Å²) in [6, 6.07) is 5.79. The maximum absolute atomic E-state index is 11.7. The van der Waals surface area contributed by atoms with E-state index in [9.17, 15) is 9.59 Å². The number of amides is 1. The standard InChI is InChI=1S/C15H20N2O4/c1-10(2)15(20)21-8-7-17-14(19)13(16)9-11-3-5-12(18)6-4-11/h3-6,13,18H,1,7-9,16H2,2H3,(H,17,19)/t13-/m0/s1. The van der Waals surface area contributed by atoms with Crippen molar-refractivity contribution in [3.63, 3.8) is 0 Å². The fraction of sp³-hybridized carbons (Fsp3) is 0.333. The van der Waals surface area contributed by atoms with Crippen molar-refractivity contribution in [2.45, 2.75) is 19.4 Å². The van der Waals surface area contributed by atoms with Crippen LogP contribution in [-0.2, 0) is 20.7 Å². The number of phenolic OH excluding ortho intramolecular Hbond substituents is 1. The van der Waals surface area contributed by atoms with Gasteiger partial charge in [0.05, 0.1) is 12.6 Å². The lowest BCUT2D eigenvalue weighted by Gasteiger charge is -2.12. The first-order valence-corrected chi connectivity index (χ1v) is 6.54. The van der Waals surface area contributed by atoms with Gasteiger partial charge in [0.1, 0.15) is 12.4 Å². The van der Waals surface area contributed by atoms with Crippen molar-refractivity contribution in [3.05, 3.63) is 42.0 Å². The molecule has 0 aliphatic heterocycles. The Bertz CT molecular complexity index is 511. The van der Waals surface area contributed by atoms with Crippen LogP contribution in [0.2, 0.25) is 0 Å². The Hall–Kier alpha value is -2.34. The Morgan fingerprint density at radius 2 is 2.00 bits per heavy atom. The average molecular weight is 292 g/mol. The summed E-state index contributed by atoms with van der Waals surface area (Å²) in [7, 11) is 0. The lowest BCUT2D eigenvalue weighted by Crippen LogP contribution is -2.43. The maximum atomic E-state index is 11.7. The predicted octanol–water partition coefficient (Wildman–Crippen LogP) is 0.497. The summed E-state index contributed by atoms with van der Waals surface area (Å²) < 4.78 is 4.84. The molecular weight excluding hydrogens is 272 g/mol. The molecule has 6 nitrogen and oxygen atoms in total. The van der Waals surface area contributed by atoms with Crippen LogP contribution < -0.4 is 11.1 Å².